The molecule has 1 aliphatic rings. The van der Waals surface area contributed by atoms with Crippen molar-refractivity contribution in [3.63, 3.8) is 0 Å². The minimum atomic E-state index is -0.156. The molecule has 1 saturated heterocycles. The predicted molar refractivity (Wildman–Crippen MR) is 94.7 cm³/mol. The van der Waals surface area contributed by atoms with Gasteiger partial charge >= 0.3 is 0 Å². The van der Waals surface area contributed by atoms with Gasteiger partial charge in [0.1, 0.15) is 5.76 Å². The molecular formula is C16H23N5O3S. The van der Waals surface area contributed by atoms with Gasteiger partial charge in [-0.2, -0.15) is 0 Å². The Morgan fingerprint density at radius 3 is 2.88 bits per heavy atom. The van der Waals surface area contributed by atoms with Gasteiger partial charge in [-0.1, -0.05) is 11.8 Å². The first kappa shape index (κ1) is 17.8. The van der Waals surface area contributed by atoms with Gasteiger partial charge in [0.05, 0.1) is 31.3 Å². The average Bonchev–Trinajstić information content (AvgIpc) is 3.30. The number of thioether (sulfide) groups is 1. The first-order valence-electron chi connectivity index (χ1n) is 8.40. The molecule has 1 atom stereocenters. The fraction of sp³-hybridized carbons (Fsp3) is 0.562. The van der Waals surface area contributed by atoms with Crippen LogP contribution in [0.5, 0.6) is 0 Å². The van der Waals surface area contributed by atoms with E-state index in [1.807, 2.05) is 23.6 Å². The van der Waals surface area contributed by atoms with E-state index in [4.69, 9.17) is 9.15 Å². The van der Waals surface area contributed by atoms with Crippen molar-refractivity contribution in [3.8, 4) is 0 Å². The number of furan rings is 1. The summed E-state index contributed by atoms with van der Waals surface area (Å²) in [5.41, 5.74) is 0. The number of carbonyl (C=O) groups is 1. The number of carbonyl (C=O) groups excluding carboxylic acids is 1. The topological polar surface area (TPSA) is 85.4 Å². The van der Waals surface area contributed by atoms with E-state index in [0.717, 1.165) is 36.5 Å². The van der Waals surface area contributed by atoms with Crippen LogP contribution in [-0.4, -0.2) is 52.7 Å². The maximum absolute atomic E-state index is 12.2. The van der Waals surface area contributed by atoms with Crippen LogP contribution in [0.25, 0.3) is 0 Å². The van der Waals surface area contributed by atoms with E-state index < -0.39 is 0 Å². The van der Waals surface area contributed by atoms with Crippen LogP contribution in [0.3, 0.4) is 0 Å². The maximum Gasteiger partial charge on any atom is 0.231 e. The highest BCUT2D eigenvalue weighted by Gasteiger charge is 2.20. The molecule has 0 spiro atoms. The molecule has 0 aromatic carbocycles. The van der Waals surface area contributed by atoms with Crippen LogP contribution < -0.4 is 10.2 Å². The summed E-state index contributed by atoms with van der Waals surface area (Å²) in [5.74, 6) is 1.81. The molecule has 0 radical (unpaired) electrons. The van der Waals surface area contributed by atoms with Crippen molar-refractivity contribution in [2.24, 2.45) is 0 Å². The van der Waals surface area contributed by atoms with E-state index in [0.29, 0.717) is 13.2 Å². The van der Waals surface area contributed by atoms with Crippen LogP contribution in [0.4, 0.5) is 5.95 Å². The van der Waals surface area contributed by atoms with Gasteiger partial charge in [-0.05, 0) is 26.0 Å². The lowest BCUT2D eigenvalue weighted by molar-refractivity contribution is -0.119. The normalized spacial score (nSPS) is 16.0. The number of ether oxygens (including phenoxy) is 1. The summed E-state index contributed by atoms with van der Waals surface area (Å²) in [7, 11) is 0. The van der Waals surface area contributed by atoms with Gasteiger partial charge < -0.3 is 19.4 Å². The van der Waals surface area contributed by atoms with E-state index >= 15 is 0 Å². The molecule has 136 valence electrons. The van der Waals surface area contributed by atoms with Crippen molar-refractivity contribution in [2.45, 2.75) is 31.6 Å². The standard InChI is InChI=1S/C16H23N5O3S/c1-3-21-15(20-6-9-23-10-7-20)18-19-16(21)25-11-14(22)17-12(2)13-5-4-8-24-13/h4-5,8,12H,3,6-7,9-11H2,1-2H3,(H,17,22)/t12-/m0/s1. The Bertz CT molecular complexity index is 682. The lowest BCUT2D eigenvalue weighted by Crippen LogP contribution is -2.38. The Kier molecular flexibility index (Phi) is 5.98. The number of nitrogens with zero attached hydrogens (tertiary/aromatic N) is 4. The molecule has 8 nitrogen and oxygen atoms in total. The number of aromatic nitrogens is 3. The molecule has 1 fully saturated rings. The van der Waals surface area contributed by atoms with Crippen molar-refractivity contribution < 1.29 is 13.9 Å². The second-order valence-electron chi connectivity index (χ2n) is 5.72. The second kappa shape index (κ2) is 8.39. The number of nitrogens with one attached hydrogen (secondary N) is 1. The van der Waals surface area contributed by atoms with Crippen molar-refractivity contribution in [1.29, 1.82) is 0 Å². The third-order valence-electron chi connectivity index (χ3n) is 3.99. The molecule has 3 heterocycles. The van der Waals surface area contributed by atoms with Crippen LogP contribution in [-0.2, 0) is 16.1 Å². The summed E-state index contributed by atoms with van der Waals surface area (Å²) in [4.78, 5) is 14.3. The van der Waals surface area contributed by atoms with Crippen LogP contribution in [0.15, 0.2) is 28.0 Å². The number of hydrogen-bond acceptors (Lipinski definition) is 7. The largest absolute Gasteiger partial charge is 0.467 e. The van der Waals surface area contributed by atoms with Gasteiger partial charge in [0, 0.05) is 19.6 Å². The molecular weight excluding hydrogens is 342 g/mol. The summed E-state index contributed by atoms with van der Waals surface area (Å²) >= 11 is 1.39. The minimum absolute atomic E-state index is 0.0625. The number of amides is 1. The number of morpholine rings is 1. The van der Waals surface area contributed by atoms with Crippen LogP contribution in [0.2, 0.25) is 0 Å². The van der Waals surface area contributed by atoms with E-state index in [1.54, 1.807) is 6.26 Å². The molecule has 2 aromatic heterocycles. The van der Waals surface area contributed by atoms with Crippen LogP contribution >= 0.6 is 11.8 Å². The van der Waals surface area contributed by atoms with E-state index in [1.165, 1.54) is 11.8 Å². The zero-order chi connectivity index (χ0) is 17.6. The maximum atomic E-state index is 12.2. The van der Waals surface area contributed by atoms with E-state index in [2.05, 4.69) is 27.3 Å². The van der Waals surface area contributed by atoms with Crippen LogP contribution in [0, 0.1) is 0 Å². The molecule has 3 rings (SSSR count). The monoisotopic (exact) mass is 365 g/mol. The molecule has 9 heteroatoms. The molecule has 1 N–H and O–H groups in total. The quantitative estimate of drug-likeness (QED) is 0.748. The zero-order valence-electron chi connectivity index (χ0n) is 14.5. The molecule has 2 aromatic rings. The van der Waals surface area contributed by atoms with Crippen molar-refractivity contribution >= 4 is 23.6 Å². The Morgan fingerprint density at radius 2 is 2.20 bits per heavy atom. The average molecular weight is 365 g/mol. The smallest absolute Gasteiger partial charge is 0.231 e. The summed E-state index contributed by atoms with van der Waals surface area (Å²) in [6, 6.07) is 3.50. The number of hydrogen-bond donors (Lipinski definition) is 1. The van der Waals surface area contributed by atoms with Gasteiger partial charge in [0.15, 0.2) is 5.16 Å². The molecule has 0 aliphatic carbocycles. The Hall–Kier alpha value is -2.00. The second-order valence-corrected chi connectivity index (χ2v) is 6.66. The van der Waals surface area contributed by atoms with Crippen molar-refractivity contribution in [3.05, 3.63) is 24.2 Å². The fourth-order valence-corrected chi connectivity index (χ4v) is 3.49. The summed E-state index contributed by atoms with van der Waals surface area (Å²) < 4.78 is 12.7. The molecule has 0 unspecified atom stereocenters. The van der Waals surface area contributed by atoms with Crippen molar-refractivity contribution in [2.75, 3.05) is 37.0 Å². The Labute approximate surface area is 150 Å². The third kappa shape index (κ3) is 4.35. The molecule has 1 amide bonds. The fourth-order valence-electron chi connectivity index (χ4n) is 2.68. The summed E-state index contributed by atoms with van der Waals surface area (Å²) in [6.07, 6.45) is 1.60. The summed E-state index contributed by atoms with van der Waals surface area (Å²) in [5, 5.41) is 12.2. The zero-order valence-corrected chi connectivity index (χ0v) is 15.3. The lowest BCUT2D eigenvalue weighted by Gasteiger charge is -2.27. The predicted octanol–water partition coefficient (Wildman–Crippen LogP) is 1.70. The molecule has 0 saturated carbocycles. The highest BCUT2D eigenvalue weighted by Crippen LogP contribution is 2.23. The SMILES string of the molecule is CCn1c(SCC(=O)N[C@@H](C)c2ccco2)nnc1N1CCOCC1. The number of anilines is 1. The molecule has 25 heavy (non-hydrogen) atoms. The van der Waals surface area contributed by atoms with Crippen molar-refractivity contribution in [1.82, 2.24) is 20.1 Å². The highest BCUT2D eigenvalue weighted by atomic mass is 32.2. The third-order valence-corrected chi connectivity index (χ3v) is 4.95. The molecule has 1 aliphatic heterocycles. The Balaban J connectivity index is 1.57. The van der Waals surface area contributed by atoms with Gasteiger partial charge in [-0.15, -0.1) is 10.2 Å². The van der Waals surface area contributed by atoms with Crippen LogP contribution in [0.1, 0.15) is 25.6 Å². The van der Waals surface area contributed by atoms with Gasteiger partial charge in [-0.3, -0.25) is 9.36 Å². The first-order chi connectivity index (χ1) is 12.2. The van der Waals surface area contributed by atoms with Gasteiger partial charge in [0.2, 0.25) is 11.9 Å². The molecule has 0 bridgehead atoms. The Morgan fingerprint density at radius 1 is 1.40 bits per heavy atom. The highest BCUT2D eigenvalue weighted by molar-refractivity contribution is 7.99. The number of rotatable bonds is 7. The van der Waals surface area contributed by atoms with E-state index in [9.17, 15) is 4.79 Å². The van der Waals surface area contributed by atoms with Gasteiger partial charge in [0.25, 0.3) is 0 Å². The first-order valence-corrected chi connectivity index (χ1v) is 9.39. The minimum Gasteiger partial charge on any atom is -0.467 e. The van der Waals surface area contributed by atoms with Gasteiger partial charge in [-0.25, -0.2) is 0 Å². The lowest BCUT2D eigenvalue weighted by atomic mass is 10.2. The van der Waals surface area contributed by atoms with E-state index in [-0.39, 0.29) is 17.7 Å². The summed E-state index contributed by atoms with van der Waals surface area (Å²) in [6.45, 7) is 7.72.